The molecule has 0 aliphatic carbocycles. The van der Waals surface area contributed by atoms with Gasteiger partial charge < -0.3 is 10.1 Å². The molecule has 1 aromatic rings. The standard InChI is InChI=1S/C12H12F3NO2/c1-18-8-2-3-9(7-4-11(17)16-6-7)10(5-8)12(13,14)15/h2-3,5,7H,4,6H2,1H3,(H,16,17). The highest BCUT2D eigenvalue weighted by molar-refractivity contribution is 5.79. The third kappa shape index (κ3) is 2.42. The van der Waals surface area contributed by atoms with E-state index in [0.29, 0.717) is 0 Å². The molecule has 0 bridgehead atoms. The first kappa shape index (κ1) is 12.7. The average Bonchev–Trinajstić information content (AvgIpc) is 2.74. The lowest BCUT2D eigenvalue weighted by Crippen LogP contribution is -2.15. The number of carbonyl (C=O) groups is 1. The van der Waals surface area contributed by atoms with E-state index < -0.39 is 17.7 Å². The van der Waals surface area contributed by atoms with Crippen molar-refractivity contribution in [2.75, 3.05) is 13.7 Å². The molecular formula is C12H12F3NO2. The van der Waals surface area contributed by atoms with Crippen LogP contribution in [0.5, 0.6) is 5.75 Å². The second-order valence-corrected chi connectivity index (χ2v) is 4.16. The summed E-state index contributed by atoms with van der Waals surface area (Å²) in [4.78, 5) is 11.1. The molecule has 1 saturated heterocycles. The van der Waals surface area contributed by atoms with Crippen LogP contribution in [0.3, 0.4) is 0 Å². The number of rotatable bonds is 2. The van der Waals surface area contributed by atoms with Crippen molar-refractivity contribution in [3.8, 4) is 5.75 Å². The van der Waals surface area contributed by atoms with Crippen LogP contribution in [0.15, 0.2) is 18.2 Å². The van der Waals surface area contributed by atoms with Crippen LogP contribution >= 0.6 is 0 Å². The first-order chi connectivity index (χ1) is 8.41. The minimum Gasteiger partial charge on any atom is -0.497 e. The summed E-state index contributed by atoms with van der Waals surface area (Å²) in [6.45, 7) is 0.244. The molecule has 1 amide bonds. The predicted octanol–water partition coefficient (Wildman–Crippen LogP) is 2.32. The topological polar surface area (TPSA) is 38.3 Å². The number of methoxy groups -OCH3 is 1. The summed E-state index contributed by atoms with van der Waals surface area (Å²) in [5.41, 5.74) is -0.593. The van der Waals surface area contributed by atoms with Gasteiger partial charge in [-0.05, 0) is 17.7 Å². The molecule has 0 saturated carbocycles. The van der Waals surface area contributed by atoms with Crippen molar-refractivity contribution in [1.82, 2.24) is 5.32 Å². The smallest absolute Gasteiger partial charge is 0.416 e. The van der Waals surface area contributed by atoms with E-state index in [0.717, 1.165) is 6.07 Å². The van der Waals surface area contributed by atoms with Crippen molar-refractivity contribution in [1.29, 1.82) is 0 Å². The highest BCUT2D eigenvalue weighted by Gasteiger charge is 2.37. The summed E-state index contributed by atoms with van der Waals surface area (Å²) in [7, 11) is 1.32. The normalized spacial score (nSPS) is 19.8. The molecule has 2 rings (SSSR count). The number of halogens is 3. The summed E-state index contributed by atoms with van der Waals surface area (Å²) in [6, 6.07) is 3.83. The molecule has 0 spiro atoms. The molecule has 1 N–H and O–H groups in total. The average molecular weight is 259 g/mol. The zero-order chi connectivity index (χ0) is 13.3. The van der Waals surface area contributed by atoms with Gasteiger partial charge in [0.15, 0.2) is 0 Å². The summed E-state index contributed by atoms with van der Waals surface area (Å²) in [5, 5.41) is 2.54. The van der Waals surface area contributed by atoms with Crippen LogP contribution < -0.4 is 10.1 Å². The molecule has 1 unspecified atom stereocenters. The monoisotopic (exact) mass is 259 g/mol. The van der Waals surface area contributed by atoms with Gasteiger partial charge in [-0.25, -0.2) is 0 Å². The molecule has 1 atom stereocenters. The number of amides is 1. The van der Waals surface area contributed by atoms with Gasteiger partial charge in [0, 0.05) is 18.9 Å². The van der Waals surface area contributed by atoms with E-state index in [1.54, 1.807) is 0 Å². The number of alkyl halides is 3. The predicted molar refractivity (Wildman–Crippen MR) is 58.4 cm³/mol. The van der Waals surface area contributed by atoms with Crippen molar-refractivity contribution in [3.05, 3.63) is 29.3 Å². The van der Waals surface area contributed by atoms with E-state index in [1.165, 1.54) is 19.2 Å². The first-order valence-corrected chi connectivity index (χ1v) is 5.43. The Bertz CT molecular complexity index is 471. The van der Waals surface area contributed by atoms with Crippen LogP contribution in [0.4, 0.5) is 13.2 Å². The summed E-state index contributed by atoms with van der Waals surface area (Å²) in [6.07, 6.45) is -4.36. The van der Waals surface area contributed by atoms with E-state index in [4.69, 9.17) is 4.74 Å². The Morgan fingerprint density at radius 2 is 2.11 bits per heavy atom. The van der Waals surface area contributed by atoms with E-state index in [1.807, 2.05) is 0 Å². The number of ether oxygens (including phenoxy) is 1. The Kier molecular flexibility index (Phi) is 3.19. The lowest BCUT2D eigenvalue weighted by atomic mass is 9.93. The number of hydrogen-bond donors (Lipinski definition) is 1. The summed E-state index contributed by atoms with van der Waals surface area (Å²) < 4.78 is 43.7. The fourth-order valence-electron chi connectivity index (χ4n) is 2.09. The molecule has 1 fully saturated rings. The van der Waals surface area contributed by atoms with Gasteiger partial charge in [-0.2, -0.15) is 13.2 Å². The molecule has 98 valence electrons. The highest BCUT2D eigenvalue weighted by atomic mass is 19.4. The first-order valence-electron chi connectivity index (χ1n) is 5.43. The van der Waals surface area contributed by atoms with Gasteiger partial charge in [0.05, 0.1) is 12.7 Å². The van der Waals surface area contributed by atoms with E-state index >= 15 is 0 Å². The van der Waals surface area contributed by atoms with E-state index in [9.17, 15) is 18.0 Å². The van der Waals surface area contributed by atoms with Gasteiger partial charge in [-0.3, -0.25) is 4.79 Å². The lowest BCUT2D eigenvalue weighted by Gasteiger charge is -2.17. The molecule has 18 heavy (non-hydrogen) atoms. The molecule has 3 nitrogen and oxygen atoms in total. The van der Waals surface area contributed by atoms with Crippen LogP contribution in [0, 0.1) is 0 Å². The molecule has 1 aliphatic heterocycles. The second-order valence-electron chi connectivity index (χ2n) is 4.16. The van der Waals surface area contributed by atoms with Crippen LogP contribution in [0.25, 0.3) is 0 Å². The molecular weight excluding hydrogens is 247 g/mol. The van der Waals surface area contributed by atoms with Crippen molar-refractivity contribution in [3.63, 3.8) is 0 Å². The zero-order valence-electron chi connectivity index (χ0n) is 9.67. The molecule has 0 aromatic heterocycles. The van der Waals surface area contributed by atoms with Gasteiger partial charge in [0.1, 0.15) is 5.75 Å². The number of nitrogens with one attached hydrogen (secondary N) is 1. The lowest BCUT2D eigenvalue weighted by molar-refractivity contribution is -0.138. The largest absolute Gasteiger partial charge is 0.497 e. The van der Waals surface area contributed by atoms with E-state index in [2.05, 4.69) is 5.32 Å². The Hall–Kier alpha value is -1.72. The third-order valence-electron chi connectivity index (χ3n) is 2.98. The van der Waals surface area contributed by atoms with Crippen LogP contribution in [-0.2, 0) is 11.0 Å². The molecule has 1 aromatic carbocycles. The minimum absolute atomic E-state index is 0.0927. The Labute approximate surface area is 102 Å². The quantitative estimate of drug-likeness (QED) is 0.885. The van der Waals surface area contributed by atoms with Crippen LogP contribution in [0.1, 0.15) is 23.5 Å². The Balaban J connectivity index is 2.43. The Morgan fingerprint density at radius 1 is 1.39 bits per heavy atom. The van der Waals surface area contributed by atoms with Gasteiger partial charge >= 0.3 is 6.18 Å². The third-order valence-corrected chi connectivity index (χ3v) is 2.98. The highest BCUT2D eigenvalue weighted by Crippen LogP contribution is 2.39. The molecule has 1 heterocycles. The number of benzene rings is 1. The maximum absolute atomic E-state index is 13.0. The Morgan fingerprint density at radius 3 is 2.61 bits per heavy atom. The van der Waals surface area contributed by atoms with Gasteiger partial charge in [-0.15, -0.1) is 0 Å². The van der Waals surface area contributed by atoms with Crippen molar-refractivity contribution < 1.29 is 22.7 Å². The SMILES string of the molecule is COc1ccc(C2CNC(=O)C2)c(C(F)(F)F)c1. The van der Waals surface area contributed by atoms with Gasteiger partial charge in [0.2, 0.25) is 5.91 Å². The fraction of sp³-hybridized carbons (Fsp3) is 0.417. The van der Waals surface area contributed by atoms with Crippen molar-refractivity contribution >= 4 is 5.91 Å². The maximum atomic E-state index is 13.0. The fourth-order valence-corrected chi connectivity index (χ4v) is 2.09. The van der Waals surface area contributed by atoms with Gasteiger partial charge in [-0.1, -0.05) is 6.07 Å². The van der Waals surface area contributed by atoms with Crippen LogP contribution in [0.2, 0.25) is 0 Å². The summed E-state index contributed by atoms with van der Waals surface area (Å²) in [5.74, 6) is -0.493. The van der Waals surface area contributed by atoms with E-state index in [-0.39, 0.29) is 30.2 Å². The molecule has 0 radical (unpaired) electrons. The minimum atomic E-state index is -4.45. The van der Waals surface area contributed by atoms with Crippen molar-refractivity contribution in [2.24, 2.45) is 0 Å². The second kappa shape index (κ2) is 4.51. The zero-order valence-corrected chi connectivity index (χ0v) is 9.67. The molecule has 1 aliphatic rings. The number of hydrogen-bond acceptors (Lipinski definition) is 2. The maximum Gasteiger partial charge on any atom is 0.416 e. The number of carbonyl (C=O) groups excluding carboxylic acids is 1. The molecule has 6 heteroatoms. The summed E-state index contributed by atoms with van der Waals surface area (Å²) >= 11 is 0. The van der Waals surface area contributed by atoms with Crippen molar-refractivity contribution in [2.45, 2.75) is 18.5 Å². The van der Waals surface area contributed by atoms with Gasteiger partial charge in [0.25, 0.3) is 0 Å². The van der Waals surface area contributed by atoms with Crippen LogP contribution in [-0.4, -0.2) is 19.6 Å².